The molecule has 0 amide bonds. The van der Waals surface area contributed by atoms with Crippen LogP contribution in [0.5, 0.6) is 0 Å². The Bertz CT molecular complexity index is 8620. The highest BCUT2D eigenvalue weighted by molar-refractivity contribution is 6.29. The molecule has 0 bridgehead atoms. The second-order valence-electron chi connectivity index (χ2n) is 34.2. The molecule has 0 aliphatic heterocycles. The molecule has 23 aromatic carbocycles. The van der Waals surface area contributed by atoms with Gasteiger partial charge in [-0.25, -0.2) is 0 Å². The Kier molecular flexibility index (Phi) is 14.0. The van der Waals surface area contributed by atoms with E-state index in [1.807, 2.05) is 24.3 Å². The maximum absolute atomic E-state index is 6.40. The smallest absolute Gasteiger partial charge is 0.136 e. The van der Waals surface area contributed by atoms with Gasteiger partial charge in [0.1, 0.15) is 22.5 Å². The lowest BCUT2D eigenvalue weighted by Gasteiger charge is -2.24. The van der Waals surface area contributed by atoms with Crippen molar-refractivity contribution in [2.75, 3.05) is 0 Å². The van der Waals surface area contributed by atoms with E-state index in [0.29, 0.717) is 0 Å². The van der Waals surface area contributed by atoms with Crippen molar-refractivity contribution in [1.82, 2.24) is 0 Å². The Balaban J connectivity index is 0.000000381. The van der Waals surface area contributed by atoms with Crippen LogP contribution in [0.15, 0.2) is 470 Å². The molecule has 25 aromatic rings. The zero-order valence-corrected chi connectivity index (χ0v) is 70.2. The summed E-state index contributed by atoms with van der Waals surface area (Å²) in [6.07, 6.45) is 0. The van der Waals surface area contributed by atoms with E-state index >= 15 is 0 Å². The number of fused-ring (bicyclic) bond motifs is 17. The maximum atomic E-state index is 6.40. The normalized spacial score (nSPS) is 13.4. The minimum absolute atomic E-state index is 0. The van der Waals surface area contributed by atoms with E-state index < -0.39 is 0 Å². The van der Waals surface area contributed by atoms with Crippen LogP contribution < -0.4 is 0 Å². The van der Waals surface area contributed by atoms with Crippen molar-refractivity contribution in [1.29, 1.82) is 0 Å². The summed E-state index contributed by atoms with van der Waals surface area (Å²) in [4.78, 5) is 0. The molecule has 0 saturated carbocycles. The van der Waals surface area contributed by atoms with E-state index in [1.165, 1.54) is 214 Å². The number of hydrogen-bond acceptors (Lipinski definition) is 2. The molecule has 0 N–H and O–H groups in total. The Hall–Kier alpha value is -16.3. The van der Waals surface area contributed by atoms with Crippen LogP contribution in [-0.2, 0) is 5.41 Å². The van der Waals surface area contributed by atoms with Crippen molar-refractivity contribution in [3.05, 3.63) is 472 Å². The summed E-state index contributed by atoms with van der Waals surface area (Å²) < 4.78 is 193. The predicted molar refractivity (Wildman–Crippen MR) is 581 cm³/mol. The van der Waals surface area contributed by atoms with Crippen LogP contribution in [0.25, 0.3) is 241 Å². The fraction of sp³-hybridized carbons (Fsp3) is 0.0240. The number of para-hydroxylation sites is 2. The summed E-state index contributed by atoms with van der Waals surface area (Å²) in [5.74, 6) is 0.895. The SMILES string of the molecule is CC1(C)c2cc(-c3ccccc3)ccc2-c2c1cc(-c1c3ccccc3c(-c3cccc4oc5ccccc5c34)c3ccccc13)c1ccccc21.[2HH].[2H][2H].[2H][2H].[2H][2H].[2H][2H].[2H][2H].[2H][2H].[2H][2H].[2H][2H].[2H][2H].[2H][2H].[2H][2H].[2H][2H].[2H][2H].[2H][2H].[2H][2H].[2H][2H].[2H][2H].[2H][2H].c1ccc(-c2c3ccccc3c(-c3ccc(-c4cc5ccccc5o4)cc3)c3ccccc23)cc1.c1ccc2cc(-c3ccc(-c4c5ccccc5c(-c5cccc6ccccc56)c5ccccc45)cc3)ccc2c1. The molecule has 1 aliphatic rings. The molecule has 2 heteroatoms. The molecule has 2 heterocycles. The van der Waals surface area contributed by atoms with Crippen LogP contribution in [0, 0.1) is 0 Å². The van der Waals surface area contributed by atoms with Crippen LogP contribution in [0.4, 0.5) is 0 Å². The summed E-state index contributed by atoms with van der Waals surface area (Å²) in [5.41, 5.74) is 29.2. The molecule has 0 atom stereocenters. The molecule has 26 rings (SSSR count). The predicted octanol–water partition coefficient (Wildman–Crippen LogP) is 40.1. The molecule has 0 spiro atoms. The van der Waals surface area contributed by atoms with Crippen LogP contribution in [-0.4, -0.2) is 0 Å². The first-order valence-electron chi connectivity index (χ1n) is 62.0. The van der Waals surface area contributed by atoms with Gasteiger partial charge in [0.25, 0.3) is 0 Å². The van der Waals surface area contributed by atoms with Gasteiger partial charge in [0.15, 0.2) is 0 Å². The third-order valence-corrected chi connectivity index (χ3v) is 26.8. The lowest BCUT2D eigenvalue weighted by molar-refractivity contribution is 0.631. The monoisotopic (exact) mass is 1690 g/mol. The van der Waals surface area contributed by atoms with Gasteiger partial charge in [0.2, 0.25) is 0 Å². The fourth-order valence-corrected chi connectivity index (χ4v) is 20.9. The minimum Gasteiger partial charge on any atom is -0.456 e. The molecule has 2 aromatic heterocycles. The zero-order chi connectivity index (χ0) is 120. The topological polar surface area (TPSA) is 26.3 Å². The maximum Gasteiger partial charge on any atom is 0.136 e. The second-order valence-corrected chi connectivity index (χ2v) is 34.2. The largest absolute Gasteiger partial charge is 0.456 e. The highest BCUT2D eigenvalue weighted by Gasteiger charge is 2.38. The Morgan fingerprint density at radius 2 is 0.520 bits per heavy atom. The van der Waals surface area contributed by atoms with Gasteiger partial charge in [0, 0.05) is 82.0 Å². The Morgan fingerprint density at radius 3 is 1.06 bits per heavy atom. The van der Waals surface area contributed by atoms with Gasteiger partial charge in [-0.05, 0) is 251 Å². The average Bonchev–Trinajstić information content (AvgIpc) is 1.43. The average molecular weight is 1690 g/mol. The molecular weight excluding hydrogens is 1530 g/mol. The quantitative estimate of drug-likeness (QED) is 0.135. The zero-order valence-electron chi connectivity index (χ0n) is 106. The summed E-state index contributed by atoms with van der Waals surface area (Å²) in [6, 6.07) is 167. The summed E-state index contributed by atoms with van der Waals surface area (Å²) in [7, 11) is 0. The van der Waals surface area contributed by atoms with E-state index in [0.717, 1.165) is 38.8 Å². The van der Waals surface area contributed by atoms with Gasteiger partial charge < -0.3 is 8.83 Å². The second kappa shape index (κ2) is 30.7. The van der Waals surface area contributed by atoms with Crippen molar-refractivity contribution in [3.63, 3.8) is 0 Å². The molecule has 1 aliphatic carbocycles. The van der Waals surface area contributed by atoms with Crippen molar-refractivity contribution in [3.8, 4) is 111 Å². The first-order valence-corrected chi connectivity index (χ1v) is 44.0. The molecule has 0 saturated heterocycles. The Morgan fingerprint density at radius 1 is 0.173 bits per heavy atom. The molecule has 0 radical (unpaired) electrons. The van der Waals surface area contributed by atoms with Crippen molar-refractivity contribution >= 4 is 130 Å². The summed E-state index contributed by atoms with van der Waals surface area (Å²) in [5, 5.41) is 26.3. The molecular formula is C125H120O2. The van der Waals surface area contributed by atoms with E-state index in [1.54, 1.807) is 0 Å². The van der Waals surface area contributed by atoms with Crippen LogP contribution in [0.2, 0.25) is 0 Å². The highest BCUT2D eigenvalue weighted by atomic mass is 16.3. The van der Waals surface area contributed by atoms with Gasteiger partial charge in [-0.3, -0.25) is 0 Å². The van der Waals surface area contributed by atoms with Crippen molar-refractivity contribution in [2.45, 2.75) is 19.3 Å². The van der Waals surface area contributed by atoms with Crippen molar-refractivity contribution < 1.29 is 63.7 Å². The summed E-state index contributed by atoms with van der Waals surface area (Å²) >= 11 is 0. The lowest BCUT2D eigenvalue weighted by atomic mass is 9.78. The number of benzene rings is 23. The highest BCUT2D eigenvalue weighted by Crippen LogP contribution is 2.57. The molecule has 2 nitrogen and oxygen atoms in total. The van der Waals surface area contributed by atoms with E-state index in [2.05, 4.69) is 451 Å². The van der Waals surface area contributed by atoms with Gasteiger partial charge in [-0.1, -0.05) is 432 Å². The number of hydrogen-bond donors (Lipinski definition) is 0. The first-order chi connectivity index (χ1) is 80.8. The number of rotatable bonds is 9. The van der Waals surface area contributed by atoms with E-state index in [9.17, 15) is 0 Å². The third kappa shape index (κ3) is 12.5. The van der Waals surface area contributed by atoms with Gasteiger partial charge in [-0.15, -0.1) is 0 Å². The van der Waals surface area contributed by atoms with E-state index in [-0.39, 0.29) is 6.84 Å². The molecule has 0 unspecified atom stereocenters. The van der Waals surface area contributed by atoms with Crippen molar-refractivity contribution in [2.24, 2.45) is 0 Å². The van der Waals surface area contributed by atoms with Gasteiger partial charge >= 0.3 is 0 Å². The van der Waals surface area contributed by atoms with Gasteiger partial charge in [-0.2, -0.15) is 0 Å². The fourth-order valence-electron chi connectivity index (χ4n) is 20.9. The van der Waals surface area contributed by atoms with Crippen LogP contribution >= 0.6 is 0 Å². The lowest BCUT2D eigenvalue weighted by Crippen LogP contribution is -2.15. The molecule has 0 fully saturated rings. The molecule has 127 heavy (non-hydrogen) atoms. The standard InChI is InChI=1S/C51H34O.C40H26.C34H22O.19H2/c1-51(2)43-29-32(31-15-4-3-5-16-31)27-28-39(43)49-34-18-7-6-17-33(34)42(30-44(49)51)48-37-21-10-8-19-35(37)47(36-20-9-11-22-38(36)48)41-24-14-26-46-50(41)40-23-12-13-25-45(40)52-46;1-2-12-31-26-32(25-22-27(31)10-1)28-20-23-30(24-21-28)39-35-15-5-7-17-37(35)40(38-18-8-6-16-36(38)39)34-19-9-13-29-11-3-4-14-33(29)34;1-2-10-24(11-3-1)33-27-13-5-7-15-29(27)34(30-16-8-6-14-28(30)33)25-20-18-23(19-21-25)32-22-26-12-4-9-17-31(26)35-32;;;;;;;;;;;;;;;;;;;/h3-30H,1-2H3;1-26H;1-22H;19*1H/i;;;18*1+1D;1+1. The van der Waals surface area contributed by atoms with Crippen LogP contribution in [0.3, 0.4) is 0 Å². The van der Waals surface area contributed by atoms with E-state index in [4.69, 9.17) is 62.3 Å². The Labute approximate surface area is 793 Å². The minimum atomic E-state index is -0.183. The summed E-state index contributed by atoms with van der Waals surface area (Å²) in [6.45, 7) is 4.81. The number of furan rings is 2. The van der Waals surface area contributed by atoms with Gasteiger partial charge in [0.05, 0.1) is 0 Å². The van der Waals surface area contributed by atoms with Crippen LogP contribution in [0.1, 0.15) is 79.9 Å². The third-order valence-electron chi connectivity index (χ3n) is 26.8. The molecule has 632 valence electrons. The first kappa shape index (κ1) is 57.9.